The van der Waals surface area contributed by atoms with E-state index in [1.165, 1.54) is 11.1 Å². The Hall–Kier alpha value is -2.95. The number of hydrogen-bond donors (Lipinski definition) is 2. The van der Waals surface area contributed by atoms with E-state index in [2.05, 4.69) is 45.7 Å². The number of aryl methyl sites for hydroxylation is 1. The molecule has 0 aliphatic rings. The maximum absolute atomic E-state index is 4.44. The Labute approximate surface area is 129 Å². The monoisotopic (exact) mass is 291 g/mol. The highest BCUT2D eigenvalue weighted by molar-refractivity contribution is 5.62. The molecule has 0 aliphatic heterocycles. The first-order valence-corrected chi connectivity index (χ1v) is 7.07. The molecule has 3 aromatic rings. The number of para-hydroxylation sites is 1. The summed E-state index contributed by atoms with van der Waals surface area (Å²) in [6, 6.07) is 15.9. The Morgan fingerprint density at radius 2 is 1.68 bits per heavy atom. The van der Waals surface area contributed by atoms with Crippen LogP contribution in [0.4, 0.5) is 23.1 Å². The second-order valence-corrected chi connectivity index (χ2v) is 5.03. The minimum absolute atomic E-state index is 0.460. The van der Waals surface area contributed by atoms with Crippen molar-refractivity contribution in [2.75, 3.05) is 10.6 Å². The SMILES string of the molecule is Cc1cccc(Nc2cnnc(Nc3ccccc3)n2)c1C. The van der Waals surface area contributed by atoms with E-state index in [1.54, 1.807) is 6.20 Å². The van der Waals surface area contributed by atoms with Crippen molar-refractivity contribution in [1.82, 2.24) is 15.2 Å². The van der Waals surface area contributed by atoms with Crippen LogP contribution < -0.4 is 10.6 Å². The molecular formula is C17H17N5. The number of anilines is 4. The van der Waals surface area contributed by atoms with Gasteiger partial charge >= 0.3 is 0 Å². The molecule has 0 fully saturated rings. The molecule has 22 heavy (non-hydrogen) atoms. The van der Waals surface area contributed by atoms with Gasteiger partial charge in [-0.2, -0.15) is 10.1 Å². The summed E-state index contributed by atoms with van der Waals surface area (Å²) in [4.78, 5) is 4.44. The maximum Gasteiger partial charge on any atom is 0.249 e. The zero-order chi connectivity index (χ0) is 15.4. The van der Waals surface area contributed by atoms with Crippen LogP contribution >= 0.6 is 0 Å². The lowest BCUT2D eigenvalue weighted by molar-refractivity contribution is 0.982. The molecule has 0 spiro atoms. The van der Waals surface area contributed by atoms with Crippen LogP contribution in [-0.4, -0.2) is 15.2 Å². The first-order chi connectivity index (χ1) is 10.7. The van der Waals surface area contributed by atoms with E-state index in [9.17, 15) is 0 Å². The molecule has 0 amide bonds. The van der Waals surface area contributed by atoms with Gasteiger partial charge in [0.05, 0.1) is 6.20 Å². The third-order valence-corrected chi connectivity index (χ3v) is 3.46. The van der Waals surface area contributed by atoms with Crippen LogP contribution in [0.1, 0.15) is 11.1 Å². The summed E-state index contributed by atoms with van der Waals surface area (Å²) in [7, 11) is 0. The summed E-state index contributed by atoms with van der Waals surface area (Å²) in [6.45, 7) is 4.16. The van der Waals surface area contributed by atoms with E-state index in [0.29, 0.717) is 11.8 Å². The number of hydrogen-bond acceptors (Lipinski definition) is 5. The van der Waals surface area contributed by atoms with Crippen molar-refractivity contribution in [3.8, 4) is 0 Å². The van der Waals surface area contributed by atoms with Gasteiger partial charge in [0.15, 0.2) is 5.82 Å². The highest BCUT2D eigenvalue weighted by atomic mass is 15.3. The molecule has 0 unspecified atom stereocenters. The first kappa shape index (κ1) is 14.0. The van der Waals surface area contributed by atoms with Crippen molar-refractivity contribution in [2.24, 2.45) is 0 Å². The molecule has 0 radical (unpaired) electrons. The molecule has 0 saturated heterocycles. The van der Waals surface area contributed by atoms with Gasteiger partial charge in [-0.1, -0.05) is 30.3 Å². The van der Waals surface area contributed by atoms with Gasteiger partial charge in [0.25, 0.3) is 0 Å². The number of nitrogens with one attached hydrogen (secondary N) is 2. The van der Waals surface area contributed by atoms with E-state index in [4.69, 9.17) is 0 Å². The largest absolute Gasteiger partial charge is 0.339 e. The second kappa shape index (κ2) is 6.22. The van der Waals surface area contributed by atoms with Crippen LogP contribution in [0.3, 0.4) is 0 Å². The number of nitrogens with zero attached hydrogens (tertiary/aromatic N) is 3. The molecule has 0 bridgehead atoms. The highest BCUT2D eigenvalue weighted by Crippen LogP contribution is 2.22. The summed E-state index contributed by atoms with van der Waals surface area (Å²) < 4.78 is 0. The fourth-order valence-electron chi connectivity index (χ4n) is 2.09. The number of benzene rings is 2. The topological polar surface area (TPSA) is 62.7 Å². The quantitative estimate of drug-likeness (QED) is 0.761. The standard InChI is InChI=1S/C17H17N5/c1-12-7-6-10-15(13(12)2)20-16-11-18-22-17(21-16)19-14-8-4-3-5-9-14/h3-11H,1-2H3,(H2,19,20,21,22). The molecular weight excluding hydrogens is 274 g/mol. The van der Waals surface area contributed by atoms with Gasteiger partial charge in [0.1, 0.15) is 0 Å². The van der Waals surface area contributed by atoms with Gasteiger partial charge in [-0.25, -0.2) is 0 Å². The lowest BCUT2D eigenvalue weighted by Crippen LogP contribution is -2.03. The molecule has 3 rings (SSSR count). The van der Waals surface area contributed by atoms with Gasteiger partial charge in [-0.15, -0.1) is 5.10 Å². The molecule has 5 heteroatoms. The molecule has 0 aliphatic carbocycles. The van der Waals surface area contributed by atoms with Crippen molar-refractivity contribution in [3.05, 3.63) is 65.9 Å². The first-order valence-electron chi connectivity index (χ1n) is 7.07. The zero-order valence-electron chi connectivity index (χ0n) is 12.5. The van der Waals surface area contributed by atoms with E-state index in [1.807, 2.05) is 42.5 Å². The average Bonchev–Trinajstić information content (AvgIpc) is 2.53. The average molecular weight is 291 g/mol. The lowest BCUT2D eigenvalue weighted by Gasteiger charge is -2.11. The van der Waals surface area contributed by atoms with Crippen molar-refractivity contribution in [3.63, 3.8) is 0 Å². The zero-order valence-corrected chi connectivity index (χ0v) is 12.5. The predicted octanol–water partition coefficient (Wildman–Crippen LogP) is 3.98. The Kier molecular flexibility index (Phi) is 3.96. The van der Waals surface area contributed by atoms with E-state index < -0.39 is 0 Å². The van der Waals surface area contributed by atoms with Crippen LogP contribution in [0.5, 0.6) is 0 Å². The van der Waals surface area contributed by atoms with Crippen molar-refractivity contribution >= 4 is 23.1 Å². The summed E-state index contributed by atoms with van der Waals surface area (Å²) >= 11 is 0. The maximum atomic E-state index is 4.44. The Balaban J connectivity index is 1.81. The van der Waals surface area contributed by atoms with Crippen LogP contribution in [-0.2, 0) is 0 Å². The Bertz CT molecular complexity index is 771. The molecule has 2 N–H and O–H groups in total. The molecule has 0 atom stereocenters. The van der Waals surface area contributed by atoms with Gasteiger partial charge < -0.3 is 10.6 Å². The van der Waals surface area contributed by atoms with Crippen LogP contribution in [0, 0.1) is 13.8 Å². The predicted molar refractivity (Wildman–Crippen MR) is 88.8 cm³/mol. The smallest absolute Gasteiger partial charge is 0.249 e. The van der Waals surface area contributed by atoms with Crippen LogP contribution in [0.15, 0.2) is 54.7 Å². The number of rotatable bonds is 4. The molecule has 1 heterocycles. The Morgan fingerprint density at radius 1 is 0.864 bits per heavy atom. The van der Waals surface area contributed by atoms with Crippen molar-refractivity contribution in [1.29, 1.82) is 0 Å². The number of aromatic nitrogens is 3. The fraction of sp³-hybridized carbons (Fsp3) is 0.118. The summed E-state index contributed by atoms with van der Waals surface area (Å²) in [5.41, 5.74) is 4.37. The normalized spacial score (nSPS) is 10.3. The second-order valence-electron chi connectivity index (χ2n) is 5.03. The molecule has 2 aromatic carbocycles. The molecule has 0 saturated carbocycles. The van der Waals surface area contributed by atoms with Gasteiger partial charge in [-0.3, -0.25) is 0 Å². The highest BCUT2D eigenvalue weighted by Gasteiger charge is 2.04. The van der Waals surface area contributed by atoms with E-state index >= 15 is 0 Å². The minimum atomic E-state index is 0.460. The minimum Gasteiger partial charge on any atom is -0.339 e. The van der Waals surface area contributed by atoms with Gasteiger partial charge in [0, 0.05) is 11.4 Å². The fourth-order valence-corrected chi connectivity index (χ4v) is 2.09. The molecule has 1 aromatic heterocycles. The van der Waals surface area contributed by atoms with Crippen LogP contribution in [0.2, 0.25) is 0 Å². The van der Waals surface area contributed by atoms with E-state index in [-0.39, 0.29) is 0 Å². The third-order valence-electron chi connectivity index (χ3n) is 3.46. The van der Waals surface area contributed by atoms with Gasteiger partial charge in [0.2, 0.25) is 5.95 Å². The summed E-state index contributed by atoms with van der Waals surface area (Å²) in [5, 5.41) is 14.4. The van der Waals surface area contributed by atoms with Crippen molar-refractivity contribution in [2.45, 2.75) is 13.8 Å². The third kappa shape index (κ3) is 3.20. The van der Waals surface area contributed by atoms with Crippen LogP contribution in [0.25, 0.3) is 0 Å². The summed E-state index contributed by atoms with van der Waals surface area (Å²) in [5.74, 6) is 1.11. The van der Waals surface area contributed by atoms with E-state index in [0.717, 1.165) is 11.4 Å². The molecule has 5 nitrogen and oxygen atoms in total. The van der Waals surface area contributed by atoms with Gasteiger partial charge in [-0.05, 0) is 43.2 Å². The Morgan fingerprint density at radius 3 is 2.50 bits per heavy atom. The summed E-state index contributed by atoms with van der Waals surface area (Å²) in [6.07, 6.45) is 1.61. The molecule has 110 valence electrons. The van der Waals surface area contributed by atoms with Crippen molar-refractivity contribution < 1.29 is 0 Å². The lowest BCUT2D eigenvalue weighted by atomic mass is 10.1.